The summed E-state index contributed by atoms with van der Waals surface area (Å²) in [6.45, 7) is 6.95. The standard InChI is InChI=1S/C12H17BrN4S/c1-9(2)4-14-5-11-7-17(16-15-11)6-10-3-12(13)18-8-10/h3,7-9,14H,4-6H2,1-2H3. The molecule has 0 radical (unpaired) electrons. The number of hydrogen-bond acceptors (Lipinski definition) is 4. The third-order valence-corrected chi connectivity index (χ3v) is 3.96. The molecule has 0 aliphatic rings. The third-order valence-electron chi connectivity index (χ3n) is 2.41. The van der Waals surface area contributed by atoms with E-state index in [0.29, 0.717) is 5.92 Å². The molecule has 0 saturated carbocycles. The number of hydrogen-bond donors (Lipinski definition) is 1. The first-order valence-electron chi connectivity index (χ1n) is 5.96. The van der Waals surface area contributed by atoms with Crippen molar-refractivity contribution in [1.29, 1.82) is 0 Å². The molecule has 1 N–H and O–H groups in total. The smallest absolute Gasteiger partial charge is 0.0964 e. The van der Waals surface area contributed by atoms with Crippen LogP contribution in [-0.4, -0.2) is 21.5 Å². The molecule has 2 rings (SSSR count). The average Bonchev–Trinajstić information content (AvgIpc) is 2.89. The third kappa shape index (κ3) is 4.19. The fraction of sp³-hybridized carbons (Fsp3) is 0.500. The molecule has 0 spiro atoms. The van der Waals surface area contributed by atoms with E-state index in [2.05, 4.69) is 56.9 Å². The van der Waals surface area contributed by atoms with E-state index in [1.165, 1.54) is 5.56 Å². The van der Waals surface area contributed by atoms with Crippen molar-refractivity contribution in [2.75, 3.05) is 6.54 Å². The summed E-state index contributed by atoms with van der Waals surface area (Å²) in [5, 5.41) is 13.8. The second-order valence-electron chi connectivity index (χ2n) is 4.69. The van der Waals surface area contributed by atoms with Gasteiger partial charge in [-0.1, -0.05) is 19.1 Å². The Morgan fingerprint density at radius 2 is 2.33 bits per heavy atom. The highest BCUT2D eigenvalue weighted by molar-refractivity contribution is 9.11. The molecule has 4 nitrogen and oxygen atoms in total. The van der Waals surface area contributed by atoms with Crippen LogP contribution >= 0.6 is 27.3 Å². The molecule has 0 bridgehead atoms. The zero-order valence-corrected chi connectivity index (χ0v) is 13.0. The number of nitrogens with one attached hydrogen (secondary N) is 1. The van der Waals surface area contributed by atoms with Gasteiger partial charge in [0.25, 0.3) is 0 Å². The van der Waals surface area contributed by atoms with Crippen molar-refractivity contribution >= 4 is 27.3 Å². The highest BCUT2D eigenvalue weighted by Gasteiger charge is 2.03. The molecule has 2 aromatic heterocycles. The minimum Gasteiger partial charge on any atom is -0.311 e. The number of aromatic nitrogens is 3. The number of thiophene rings is 1. The van der Waals surface area contributed by atoms with Crippen molar-refractivity contribution in [2.45, 2.75) is 26.9 Å². The molecule has 0 aliphatic carbocycles. The van der Waals surface area contributed by atoms with Gasteiger partial charge in [-0.2, -0.15) is 0 Å². The predicted octanol–water partition coefficient (Wildman–Crippen LogP) is 2.90. The first kappa shape index (κ1) is 13.7. The Balaban J connectivity index is 1.86. The molecular weight excluding hydrogens is 312 g/mol. The van der Waals surface area contributed by atoms with E-state index >= 15 is 0 Å². The van der Waals surface area contributed by atoms with Gasteiger partial charge >= 0.3 is 0 Å². The second-order valence-corrected chi connectivity index (χ2v) is 6.98. The van der Waals surface area contributed by atoms with Gasteiger partial charge in [0.1, 0.15) is 0 Å². The lowest BCUT2D eigenvalue weighted by atomic mass is 10.2. The van der Waals surface area contributed by atoms with Crippen molar-refractivity contribution in [3.8, 4) is 0 Å². The van der Waals surface area contributed by atoms with E-state index in [9.17, 15) is 0 Å². The maximum absolute atomic E-state index is 4.16. The highest BCUT2D eigenvalue weighted by Crippen LogP contribution is 2.21. The van der Waals surface area contributed by atoms with Crippen molar-refractivity contribution < 1.29 is 0 Å². The van der Waals surface area contributed by atoms with E-state index in [4.69, 9.17) is 0 Å². The first-order chi connectivity index (χ1) is 8.63. The van der Waals surface area contributed by atoms with Crippen LogP contribution in [-0.2, 0) is 13.1 Å². The molecule has 2 heterocycles. The summed E-state index contributed by atoms with van der Waals surface area (Å²) >= 11 is 5.15. The molecule has 0 saturated heterocycles. The summed E-state index contributed by atoms with van der Waals surface area (Å²) in [6, 6.07) is 2.11. The molecule has 2 aromatic rings. The Labute approximate surface area is 120 Å². The summed E-state index contributed by atoms with van der Waals surface area (Å²) < 4.78 is 3.03. The quantitative estimate of drug-likeness (QED) is 0.886. The van der Waals surface area contributed by atoms with E-state index < -0.39 is 0 Å². The van der Waals surface area contributed by atoms with Crippen molar-refractivity contribution in [2.24, 2.45) is 5.92 Å². The van der Waals surface area contributed by atoms with Crippen LogP contribution < -0.4 is 5.32 Å². The molecule has 0 unspecified atom stereocenters. The first-order valence-corrected chi connectivity index (χ1v) is 7.63. The van der Waals surface area contributed by atoms with E-state index in [0.717, 1.165) is 29.1 Å². The summed E-state index contributed by atoms with van der Waals surface area (Å²) in [5.74, 6) is 0.656. The topological polar surface area (TPSA) is 42.7 Å². The van der Waals surface area contributed by atoms with Gasteiger partial charge in [-0.05, 0) is 45.4 Å². The lowest BCUT2D eigenvalue weighted by Gasteiger charge is -2.04. The van der Waals surface area contributed by atoms with Gasteiger partial charge in [0, 0.05) is 6.54 Å². The van der Waals surface area contributed by atoms with Crippen LogP contribution in [0.15, 0.2) is 21.4 Å². The van der Waals surface area contributed by atoms with Crippen LogP contribution in [0.2, 0.25) is 0 Å². The number of rotatable bonds is 6. The average molecular weight is 329 g/mol. The minimum absolute atomic E-state index is 0.656. The molecule has 0 amide bonds. The molecule has 0 aromatic carbocycles. The maximum Gasteiger partial charge on any atom is 0.0964 e. The Kier molecular flexibility index (Phi) is 4.91. The fourth-order valence-corrected chi connectivity index (χ4v) is 2.80. The Morgan fingerprint density at radius 3 is 3.00 bits per heavy atom. The fourth-order valence-electron chi connectivity index (χ4n) is 1.60. The zero-order chi connectivity index (χ0) is 13.0. The van der Waals surface area contributed by atoms with E-state index in [-0.39, 0.29) is 0 Å². The SMILES string of the molecule is CC(C)CNCc1cn(Cc2csc(Br)c2)nn1. The number of nitrogens with zero attached hydrogens (tertiary/aromatic N) is 3. The van der Waals surface area contributed by atoms with Gasteiger partial charge in [-0.3, -0.25) is 0 Å². The van der Waals surface area contributed by atoms with E-state index in [1.807, 2.05) is 10.9 Å². The summed E-state index contributed by atoms with van der Waals surface area (Å²) in [5.41, 5.74) is 2.24. The van der Waals surface area contributed by atoms with Crippen LogP contribution in [0.4, 0.5) is 0 Å². The molecule has 98 valence electrons. The second kappa shape index (κ2) is 6.45. The van der Waals surface area contributed by atoms with Gasteiger partial charge in [-0.15, -0.1) is 16.4 Å². The summed E-state index contributed by atoms with van der Waals surface area (Å²) in [4.78, 5) is 0. The van der Waals surface area contributed by atoms with Gasteiger partial charge in [0.05, 0.1) is 22.2 Å². The van der Waals surface area contributed by atoms with Gasteiger partial charge in [0.15, 0.2) is 0 Å². The number of halogens is 1. The van der Waals surface area contributed by atoms with Gasteiger partial charge in [0.2, 0.25) is 0 Å². The molecule has 6 heteroatoms. The normalized spacial score (nSPS) is 11.3. The lowest BCUT2D eigenvalue weighted by Crippen LogP contribution is -2.19. The maximum atomic E-state index is 4.16. The monoisotopic (exact) mass is 328 g/mol. The van der Waals surface area contributed by atoms with Crippen LogP contribution in [0, 0.1) is 5.92 Å². The summed E-state index contributed by atoms with van der Waals surface area (Å²) in [6.07, 6.45) is 2.00. The molecule has 0 fully saturated rings. The Morgan fingerprint density at radius 1 is 1.50 bits per heavy atom. The summed E-state index contributed by atoms with van der Waals surface area (Å²) in [7, 11) is 0. The predicted molar refractivity (Wildman–Crippen MR) is 77.7 cm³/mol. The van der Waals surface area contributed by atoms with E-state index in [1.54, 1.807) is 11.3 Å². The van der Waals surface area contributed by atoms with Crippen molar-refractivity contribution in [3.63, 3.8) is 0 Å². The minimum atomic E-state index is 0.656. The Hall–Kier alpha value is -0.720. The molecule has 0 aliphatic heterocycles. The zero-order valence-electron chi connectivity index (χ0n) is 10.6. The van der Waals surface area contributed by atoms with Crippen molar-refractivity contribution in [1.82, 2.24) is 20.3 Å². The highest BCUT2D eigenvalue weighted by atomic mass is 79.9. The van der Waals surface area contributed by atoms with Gasteiger partial charge in [-0.25, -0.2) is 4.68 Å². The Bertz CT molecular complexity index is 492. The molecule has 0 atom stereocenters. The van der Waals surface area contributed by atoms with Crippen LogP contribution in [0.25, 0.3) is 0 Å². The molecule has 18 heavy (non-hydrogen) atoms. The van der Waals surface area contributed by atoms with Crippen LogP contribution in [0.1, 0.15) is 25.1 Å². The van der Waals surface area contributed by atoms with Crippen molar-refractivity contribution in [3.05, 3.63) is 32.7 Å². The molecular formula is C12H17BrN4S. The largest absolute Gasteiger partial charge is 0.311 e. The van der Waals surface area contributed by atoms with Crippen LogP contribution in [0.5, 0.6) is 0 Å². The van der Waals surface area contributed by atoms with Crippen LogP contribution in [0.3, 0.4) is 0 Å². The van der Waals surface area contributed by atoms with Gasteiger partial charge < -0.3 is 5.32 Å². The lowest BCUT2D eigenvalue weighted by molar-refractivity contribution is 0.548.